The first-order valence-corrected chi connectivity index (χ1v) is 6.47. The Morgan fingerprint density at radius 3 is 2.94 bits per heavy atom. The second-order valence-electron chi connectivity index (χ2n) is 4.64. The monoisotopic (exact) mass is 273 g/mol. The molecule has 0 saturated heterocycles. The first-order chi connectivity index (χ1) is 8.65. The zero-order valence-electron chi connectivity index (χ0n) is 10.0. The maximum atomic E-state index is 13.4. The van der Waals surface area contributed by atoms with Crippen LogP contribution in [0.3, 0.4) is 0 Å². The first kappa shape index (κ1) is 13.6. The molecule has 1 fully saturated rings. The molecule has 0 aliphatic heterocycles. The lowest BCUT2D eigenvalue weighted by Crippen LogP contribution is -2.25. The lowest BCUT2D eigenvalue weighted by molar-refractivity contribution is 0.0386. The number of anilines is 1. The lowest BCUT2D eigenvalue weighted by atomic mass is 10.3. The molecule has 5 heteroatoms. The topological polar surface area (TPSA) is 41.5 Å². The molecule has 18 heavy (non-hydrogen) atoms. The maximum absolute atomic E-state index is 13.4. The van der Waals surface area contributed by atoms with E-state index >= 15 is 0 Å². The van der Waals surface area contributed by atoms with Gasteiger partial charge < -0.3 is 15.2 Å². The summed E-state index contributed by atoms with van der Waals surface area (Å²) in [6.45, 7) is 1.24. The van der Waals surface area contributed by atoms with Crippen LogP contribution < -0.4 is 5.32 Å². The zero-order chi connectivity index (χ0) is 13.0. The molecular weight excluding hydrogens is 257 g/mol. The number of nitrogens with one attached hydrogen (secondary N) is 1. The second kappa shape index (κ2) is 6.36. The summed E-state index contributed by atoms with van der Waals surface area (Å²) in [6, 6.07) is 4.39. The summed E-state index contributed by atoms with van der Waals surface area (Å²) < 4.78 is 18.8. The van der Waals surface area contributed by atoms with E-state index in [-0.39, 0.29) is 13.2 Å². The van der Waals surface area contributed by atoms with Gasteiger partial charge in [0, 0.05) is 18.2 Å². The van der Waals surface area contributed by atoms with Crippen LogP contribution in [0, 0.1) is 11.7 Å². The van der Waals surface area contributed by atoms with Crippen molar-refractivity contribution < 1.29 is 14.2 Å². The summed E-state index contributed by atoms with van der Waals surface area (Å²) in [5.41, 5.74) is 0.334. The maximum Gasteiger partial charge on any atom is 0.147 e. The Kier molecular flexibility index (Phi) is 4.80. The van der Waals surface area contributed by atoms with Gasteiger partial charge in [-0.3, -0.25) is 0 Å². The quantitative estimate of drug-likeness (QED) is 0.803. The van der Waals surface area contributed by atoms with Gasteiger partial charge in [-0.2, -0.15) is 0 Å². The Bertz CT molecular complexity index is 399. The SMILES string of the molecule is OC(CNc1ccc(Cl)cc1F)COCC1CC1. The molecule has 1 aliphatic rings. The number of benzene rings is 1. The molecule has 0 aromatic heterocycles. The van der Waals surface area contributed by atoms with Crippen molar-refractivity contribution in [2.24, 2.45) is 5.92 Å². The van der Waals surface area contributed by atoms with Crippen molar-refractivity contribution in [3.63, 3.8) is 0 Å². The van der Waals surface area contributed by atoms with E-state index in [9.17, 15) is 9.50 Å². The summed E-state index contributed by atoms with van der Waals surface area (Å²) in [4.78, 5) is 0. The van der Waals surface area contributed by atoms with E-state index in [2.05, 4.69) is 5.32 Å². The highest BCUT2D eigenvalue weighted by Gasteiger charge is 2.21. The van der Waals surface area contributed by atoms with Crippen LogP contribution in [-0.2, 0) is 4.74 Å². The number of rotatable bonds is 7. The van der Waals surface area contributed by atoms with E-state index in [1.165, 1.54) is 18.9 Å². The van der Waals surface area contributed by atoms with Crippen LogP contribution in [0.15, 0.2) is 18.2 Å². The largest absolute Gasteiger partial charge is 0.389 e. The van der Waals surface area contributed by atoms with E-state index in [1.54, 1.807) is 12.1 Å². The highest BCUT2D eigenvalue weighted by molar-refractivity contribution is 6.30. The Hall–Kier alpha value is -0.840. The van der Waals surface area contributed by atoms with Crippen LogP contribution in [0.25, 0.3) is 0 Å². The van der Waals surface area contributed by atoms with Crippen LogP contribution in [0.2, 0.25) is 5.02 Å². The highest BCUT2D eigenvalue weighted by atomic mass is 35.5. The normalized spacial score (nSPS) is 16.6. The minimum Gasteiger partial charge on any atom is -0.389 e. The number of ether oxygens (including phenoxy) is 1. The molecule has 2 N–H and O–H groups in total. The van der Waals surface area contributed by atoms with Gasteiger partial charge in [0.2, 0.25) is 0 Å². The molecule has 0 bridgehead atoms. The van der Waals surface area contributed by atoms with E-state index in [1.807, 2.05) is 0 Å². The lowest BCUT2D eigenvalue weighted by Gasteiger charge is -2.13. The molecule has 1 aromatic carbocycles. The Labute approximate surface area is 111 Å². The van der Waals surface area contributed by atoms with Gasteiger partial charge in [0.05, 0.1) is 18.4 Å². The van der Waals surface area contributed by atoms with Crippen molar-refractivity contribution >= 4 is 17.3 Å². The van der Waals surface area contributed by atoms with Crippen molar-refractivity contribution in [2.75, 3.05) is 25.1 Å². The summed E-state index contributed by atoms with van der Waals surface area (Å²) >= 11 is 5.65. The molecule has 1 saturated carbocycles. The van der Waals surface area contributed by atoms with E-state index in [4.69, 9.17) is 16.3 Å². The van der Waals surface area contributed by atoms with E-state index in [0.29, 0.717) is 23.2 Å². The average Bonchev–Trinajstić information content (AvgIpc) is 3.12. The molecule has 3 nitrogen and oxygen atoms in total. The standard InChI is InChI=1S/C13H17ClFNO2/c14-10-3-4-13(12(15)5-10)16-6-11(17)8-18-7-9-1-2-9/h3-5,9,11,16-17H,1-2,6-8H2. The molecule has 0 radical (unpaired) electrons. The van der Waals surface area contributed by atoms with Gasteiger partial charge in [-0.1, -0.05) is 11.6 Å². The minimum atomic E-state index is -0.640. The van der Waals surface area contributed by atoms with Crippen LogP contribution >= 0.6 is 11.6 Å². The van der Waals surface area contributed by atoms with Gasteiger partial charge in [-0.15, -0.1) is 0 Å². The molecular formula is C13H17ClFNO2. The third kappa shape index (κ3) is 4.44. The Morgan fingerprint density at radius 2 is 2.28 bits per heavy atom. The minimum absolute atomic E-state index is 0.253. The van der Waals surface area contributed by atoms with Crippen LogP contribution in [0.5, 0.6) is 0 Å². The van der Waals surface area contributed by atoms with Gasteiger partial charge in [-0.05, 0) is 37.0 Å². The van der Waals surface area contributed by atoms with E-state index < -0.39 is 11.9 Å². The van der Waals surface area contributed by atoms with Crippen molar-refractivity contribution in [1.82, 2.24) is 0 Å². The average molecular weight is 274 g/mol. The number of hydrogen-bond donors (Lipinski definition) is 2. The molecule has 0 heterocycles. The molecule has 100 valence electrons. The van der Waals surface area contributed by atoms with Crippen molar-refractivity contribution in [3.8, 4) is 0 Å². The van der Waals surface area contributed by atoms with Gasteiger partial charge in [0.25, 0.3) is 0 Å². The zero-order valence-corrected chi connectivity index (χ0v) is 10.8. The van der Waals surface area contributed by atoms with Crippen LogP contribution in [-0.4, -0.2) is 31.0 Å². The molecule has 0 amide bonds. The predicted octanol–water partition coefficient (Wildman–Crippen LogP) is 2.68. The summed E-state index contributed by atoms with van der Waals surface area (Å²) in [7, 11) is 0. The molecule has 1 aliphatic carbocycles. The Balaban J connectivity index is 1.68. The van der Waals surface area contributed by atoms with Crippen molar-refractivity contribution in [1.29, 1.82) is 0 Å². The number of halogens is 2. The highest BCUT2D eigenvalue weighted by Crippen LogP contribution is 2.28. The summed E-state index contributed by atoms with van der Waals surface area (Å²) in [5.74, 6) is 0.257. The molecule has 2 rings (SSSR count). The Morgan fingerprint density at radius 1 is 1.50 bits per heavy atom. The fraction of sp³-hybridized carbons (Fsp3) is 0.538. The smallest absolute Gasteiger partial charge is 0.147 e. The molecule has 0 spiro atoms. The van der Waals surface area contributed by atoms with Gasteiger partial charge in [0.15, 0.2) is 0 Å². The molecule has 1 atom stereocenters. The third-order valence-electron chi connectivity index (χ3n) is 2.82. The third-order valence-corrected chi connectivity index (χ3v) is 3.06. The number of hydrogen-bond acceptors (Lipinski definition) is 3. The summed E-state index contributed by atoms with van der Waals surface area (Å²) in [6.07, 6.45) is 1.81. The molecule has 1 unspecified atom stereocenters. The number of aliphatic hydroxyl groups excluding tert-OH is 1. The van der Waals surface area contributed by atoms with Gasteiger partial charge in [0.1, 0.15) is 5.82 Å². The van der Waals surface area contributed by atoms with Gasteiger partial charge in [-0.25, -0.2) is 4.39 Å². The van der Waals surface area contributed by atoms with Crippen LogP contribution in [0.4, 0.5) is 10.1 Å². The van der Waals surface area contributed by atoms with Crippen molar-refractivity contribution in [2.45, 2.75) is 18.9 Å². The number of aliphatic hydroxyl groups is 1. The van der Waals surface area contributed by atoms with Crippen LogP contribution in [0.1, 0.15) is 12.8 Å². The predicted molar refractivity (Wildman–Crippen MR) is 69.4 cm³/mol. The van der Waals surface area contributed by atoms with E-state index in [0.717, 1.165) is 0 Å². The van der Waals surface area contributed by atoms with Gasteiger partial charge >= 0.3 is 0 Å². The first-order valence-electron chi connectivity index (χ1n) is 6.10. The summed E-state index contributed by atoms with van der Waals surface area (Å²) in [5, 5.41) is 12.8. The van der Waals surface area contributed by atoms with Crippen molar-refractivity contribution in [3.05, 3.63) is 29.0 Å². The fourth-order valence-electron chi connectivity index (χ4n) is 1.57. The second-order valence-corrected chi connectivity index (χ2v) is 5.08. The fourth-order valence-corrected chi connectivity index (χ4v) is 1.73. The molecule has 1 aromatic rings.